The summed E-state index contributed by atoms with van der Waals surface area (Å²) in [5.74, 6) is -1.54. The number of amides is 1. The van der Waals surface area contributed by atoms with Crippen LogP contribution in [-0.4, -0.2) is 20.9 Å². The number of nitrogens with one attached hydrogen (secondary N) is 2. The van der Waals surface area contributed by atoms with E-state index < -0.39 is 29.3 Å². The highest BCUT2D eigenvalue weighted by Gasteiger charge is 2.30. The van der Waals surface area contributed by atoms with E-state index in [1.165, 1.54) is 36.8 Å². The molecule has 0 aliphatic rings. The van der Waals surface area contributed by atoms with Gasteiger partial charge in [-0.1, -0.05) is 0 Å². The molecule has 1 amide bonds. The molecule has 172 valence electrons. The molecule has 1 aromatic carbocycles. The summed E-state index contributed by atoms with van der Waals surface area (Å²) < 4.78 is 65.6. The van der Waals surface area contributed by atoms with Gasteiger partial charge in [-0.15, -0.1) is 0 Å². The Balaban J connectivity index is 1.49. The van der Waals surface area contributed by atoms with Gasteiger partial charge >= 0.3 is 6.18 Å². The number of rotatable bonds is 5. The molecule has 4 aromatic rings. The molecule has 0 radical (unpaired) electrons. The number of carbonyl (C=O) groups excluding carboxylic acids is 1. The Kier molecular flexibility index (Phi) is 6.17. The van der Waals surface area contributed by atoms with Crippen LogP contribution in [0.5, 0.6) is 0 Å². The average Bonchev–Trinajstić information content (AvgIpc) is 2.81. The largest absolute Gasteiger partial charge is 0.417 e. The molecule has 2 N–H and O–H groups in total. The van der Waals surface area contributed by atoms with Crippen molar-refractivity contribution in [1.82, 2.24) is 15.0 Å². The molecular weight excluding hydrogens is 457 g/mol. The standard InChI is InChI=1S/C23H14F5N5O/c24-16-2-3-19(25)18(9-16)14-7-17(12-29-10-14)32-22(34)13-5-6-30-21(8-13)33-20-4-1-15(11-31-20)23(26,27)28/h1-12H,(H,32,34)(H,30,31,33). The van der Waals surface area contributed by atoms with Gasteiger partial charge in [-0.3, -0.25) is 9.78 Å². The fourth-order valence-electron chi connectivity index (χ4n) is 2.98. The van der Waals surface area contributed by atoms with Gasteiger partial charge in [0, 0.05) is 35.3 Å². The second kappa shape index (κ2) is 9.22. The molecule has 6 nitrogen and oxygen atoms in total. The molecule has 0 aliphatic carbocycles. The smallest absolute Gasteiger partial charge is 0.325 e. The summed E-state index contributed by atoms with van der Waals surface area (Å²) in [6.07, 6.45) is 0.178. The van der Waals surface area contributed by atoms with Gasteiger partial charge < -0.3 is 10.6 Å². The number of carbonyl (C=O) groups is 1. The lowest BCUT2D eigenvalue weighted by atomic mass is 10.1. The summed E-state index contributed by atoms with van der Waals surface area (Å²) in [6.45, 7) is 0. The predicted octanol–water partition coefficient (Wildman–Crippen LogP) is 5.83. The van der Waals surface area contributed by atoms with Crippen molar-refractivity contribution < 1.29 is 26.7 Å². The molecule has 0 aliphatic heterocycles. The fraction of sp³-hybridized carbons (Fsp3) is 0.0435. The van der Waals surface area contributed by atoms with Crippen molar-refractivity contribution in [3.8, 4) is 11.1 Å². The van der Waals surface area contributed by atoms with E-state index in [-0.39, 0.29) is 34.0 Å². The lowest BCUT2D eigenvalue weighted by molar-refractivity contribution is -0.137. The fourth-order valence-corrected chi connectivity index (χ4v) is 2.98. The normalized spacial score (nSPS) is 11.2. The maximum absolute atomic E-state index is 14.1. The molecule has 0 bridgehead atoms. The number of aromatic nitrogens is 3. The van der Waals surface area contributed by atoms with Gasteiger partial charge in [-0.05, 0) is 48.5 Å². The number of alkyl halides is 3. The van der Waals surface area contributed by atoms with E-state index in [0.717, 1.165) is 30.3 Å². The summed E-state index contributed by atoms with van der Waals surface area (Å²) in [6, 6.07) is 9.25. The van der Waals surface area contributed by atoms with Gasteiger partial charge in [0.15, 0.2) is 0 Å². The van der Waals surface area contributed by atoms with Crippen LogP contribution in [-0.2, 0) is 6.18 Å². The highest BCUT2D eigenvalue weighted by Crippen LogP contribution is 2.29. The first-order chi connectivity index (χ1) is 16.2. The van der Waals surface area contributed by atoms with Crippen molar-refractivity contribution in [2.24, 2.45) is 0 Å². The Morgan fingerprint density at radius 1 is 0.853 bits per heavy atom. The third kappa shape index (κ3) is 5.31. The van der Waals surface area contributed by atoms with Crippen LogP contribution in [0.3, 0.4) is 0 Å². The third-order valence-electron chi connectivity index (χ3n) is 4.60. The topological polar surface area (TPSA) is 79.8 Å². The number of anilines is 3. The number of hydrogen-bond donors (Lipinski definition) is 2. The van der Waals surface area contributed by atoms with E-state index in [2.05, 4.69) is 25.6 Å². The first-order valence-corrected chi connectivity index (χ1v) is 9.67. The molecule has 0 saturated carbocycles. The zero-order valence-corrected chi connectivity index (χ0v) is 17.1. The van der Waals surface area contributed by atoms with E-state index in [1.54, 1.807) is 0 Å². The molecule has 0 unspecified atom stereocenters. The van der Waals surface area contributed by atoms with Crippen LogP contribution in [0.15, 0.2) is 73.3 Å². The molecule has 0 saturated heterocycles. The Labute approximate surface area is 189 Å². The monoisotopic (exact) mass is 471 g/mol. The number of hydrogen-bond acceptors (Lipinski definition) is 5. The van der Waals surface area contributed by atoms with E-state index in [1.807, 2.05) is 0 Å². The number of benzene rings is 1. The highest BCUT2D eigenvalue weighted by molar-refractivity contribution is 6.04. The quantitative estimate of drug-likeness (QED) is 0.358. The van der Waals surface area contributed by atoms with Gasteiger partial charge in [0.1, 0.15) is 23.3 Å². The van der Waals surface area contributed by atoms with Crippen LogP contribution >= 0.6 is 0 Å². The first kappa shape index (κ1) is 22.8. The number of halogens is 5. The Morgan fingerprint density at radius 3 is 2.41 bits per heavy atom. The molecule has 11 heteroatoms. The van der Waals surface area contributed by atoms with Crippen LogP contribution in [0.25, 0.3) is 11.1 Å². The van der Waals surface area contributed by atoms with Crippen molar-refractivity contribution in [1.29, 1.82) is 0 Å². The zero-order chi connectivity index (χ0) is 24.3. The van der Waals surface area contributed by atoms with E-state index in [4.69, 9.17) is 0 Å². The van der Waals surface area contributed by atoms with Crippen LogP contribution in [0.1, 0.15) is 15.9 Å². The molecule has 3 heterocycles. The van der Waals surface area contributed by atoms with Gasteiger partial charge in [0.05, 0.1) is 17.4 Å². The molecule has 0 spiro atoms. The van der Waals surface area contributed by atoms with Crippen molar-refractivity contribution >= 4 is 23.2 Å². The zero-order valence-electron chi connectivity index (χ0n) is 17.1. The minimum absolute atomic E-state index is 0.0111. The maximum Gasteiger partial charge on any atom is 0.417 e. The summed E-state index contributed by atoms with van der Waals surface area (Å²) in [4.78, 5) is 24.4. The maximum atomic E-state index is 14.1. The molecule has 34 heavy (non-hydrogen) atoms. The summed E-state index contributed by atoms with van der Waals surface area (Å²) in [7, 11) is 0. The van der Waals surface area contributed by atoms with E-state index in [0.29, 0.717) is 6.20 Å². The Hall–Kier alpha value is -4.41. The van der Waals surface area contributed by atoms with Crippen LogP contribution in [0, 0.1) is 11.6 Å². The predicted molar refractivity (Wildman–Crippen MR) is 114 cm³/mol. The van der Waals surface area contributed by atoms with Crippen molar-refractivity contribution in [2.75, 3.05) is 10.6 Å². The molecular formula is C23H14F5N5O. The van der Waals surface area contributed by atoms with Crippen LogP contribution in [0.4, 0.5) is 39.3 Å². The molecule has 4 rings (SSSR count). The SMILES string of the molecule is O=C(Nc1cncc(-c2cc(F)ccc2F)c1)c1ccnc(Nc2ccc(C(F)(F)F)cn2)c1. The van der Waals surface area contributed by atoms with Gasteiger partial charge in [0.25, 0.3) is 5.91 Å². The van der Waals surface area contributed by atoms with E-state index >= 15 is 0 Å². The lowest BCUT2D eigenvalue weighted by Crippen LogP contribution is -2.13. The van der Waals surface area contributed by atoms with Crippen molar-refractivity contribution in [3.63, 3.8) is 0 Å². The van der Waals surface area contributed by atoms with Gasteiger partial charge in [-0.2, -0.15) is 13.2 Å². The van der Waals surface area contributed by atoms with Crippen molar-refractivity contribution in [2.45, 2.75) is 6.18 Å². The lowest BCUT2D eigenvalue weighted by Gasteiger charge is -2.10. The first-order valence-electron chi connectivity index (χ1n) is 9.67. The number of nitrogens with zero attached hydrogens (tertiary/aromatic N) is 3. The molecule has 3 aromatic heterocycles. The summed E-state index contributed by atoms with van der Waals surface area (Å²) in [5, 5.41) is 5.33. The Bertz CT molecular complexity index is 1340. The average molecular weight is 471 g/mol. The summed E-state index contributed by atoms with van der Waals surface area (Å²) in [5.41, 5.74) is -0.231. The van der Waals surface area contributed by atoms with Gasteiger partial charge in [0.2, 0.25) is 0 Å². The van der Waals surface area contributed by atoms with Crippen LogP contribution < -0.4 is 10.6 Å². The minimum Gasteiger partial charge on any atom is -0.325 e. The summed E-state index contributed by atoms with van der Waals surface area (Å²) >= 11 is 0. The van der Waals surface area contributed by atoms with E-state index in [9.17, 15) is 26.7 Å². The highest BCUT2D eigenvalue weighted by atomic mass is 19.4. The second-order valence-electron chi connectivity index (χ2n) is 7.03. The minimum atomic E-state index is -4.51. The molecule has 0 fully saturated rings. The van der Waals surface area contributed by atoms with Gasteiger partial charge in [-0.25, -0.2) is 18.7 Å². The second-order valence-corrected chi connectivity index (χ2v) is 7.03. The Morgan fingerprint density at radius 2 is 1.68 bits per heavy atom. The van der Waals surface area contributed by atoms with Crippen molar-refractivity contribution in [3.05, 3.63) is 96.1 Å². The number of pyridine rings is 3. The third-order valence-corrected chi connectivity index (χ3v) is 4.60. The molecule has 0 atom stereocenters. The van der Waals surface area contributed by atoms with Crippen LogP contribution in [0.2, 0.25) is 0 Å².